The van der Waals surface area contributed by atoms with E-state index in [2.05, 4.69) is 40.8 Å². The van der Waals surface area contributed by atoms with E-state index in [0.717, 1.165) is 12.2 Å². The van der Waals surface area contributed by atoms with E-state index in [1.807, 2.05) is 6.08 Å². The minimum Gasteiger partial charge on any atom is -0.547 e. The molecule has 0 aliphatic carbocycles. The molecule has 0 bridgehead atoms. The second-order valence-corrected chi connectivity index (χ2v) is 11.1. The SMILES string of the molecule is CC/C(=C\CC(=O)N(C)C)O[Si](C)(C)C(C)(C)C. The third-order valence-electron chi connectivity index (χ3n) is 3.54. The fourth-order valence-electron chi connectivity index (χ4n) is 1.12. The van der Waals surface area contributed by atoms with E-state index in [-0.39, 0.29) is 10.9 Å². The van der Waals surface area contributed by atoms with Crippen LogP contribution in [0.25, 0.3) is 0 Å². The Morgan fingerprint density at radius 3 is 2.11 bits per heavy atom. The first-order chi connectivity index (χ1) is 8.01. The number of allylic oxidation sites excluding steroid dienone is 1. The average molecular weight is 271 g/mol. The Balaban J connectivity index is 4.72. The molecule has 0 saturated carbocycles. The number of amides is 1. The molecule has 0 aliphatic rings. The molecule has 0 aromatic rings. The average Bonchev–Trinajstić information content (AvgIpc) is 2.21. The fraction of sp³-hybridized carbons (Fsp3) is 0.786. The molecule has 4 heteroatoms. The van der Waals surface area contributed by atoms with Crippen LogP contribution in [0.1, 0.15) is 40.5 Å². The maximum atomic E-state index is 11.6. The van der Waals surface area contributed by atoms with E-state index >= 15 is 0 Å². The number of hydrogen-bond donors (Lipinski definition) is 0. The fourth-order valence-corrected chi connectivity index (χ4v) is 2.31. The number of rotatable bonds is 5. The van der Waals surface area contributed by atoms with Crippen LogP contribution >= 0.6 is 0 Å². The molecule has 1 amide bonds. The molecule has 0 fully saturated rings. The van der Waals surface area contributed by atoms with Crippen molar-refractivity contribution in [1.29, 1.82) is 0 Å². The lowest BCUT2D eigenvalue weighted by atomic mass is 10.2. The summed E-state index contributed by atoms with van der Waals surface area (Å²) in [6, 6.07) is 0. The van der Waals surface area contributed by atoms with Crippen LogP contribution in [0.5, 0.6) is 0 Å². The minimum atomic E-state index is -1.78. The summed E-state index contributed by atoms with van der Waals surface area (Å²) in [5, 5.41) is 0.187. The van der Waals surface area contributed by atoms with Crippen LogP contribution in [0.3, 0.4) is 0 Å². The minimum absolute atomic E-state index is 0.111. The van der Waals surface area contributed by atoms with Crippen LogP contribution in [0, 0.1) is 0 Å². The molecule has 0 aliphatic heterocycles. The van der Waals surface area contributed by atoms with E-state index in [9.17, 15) is 4.79 Å². The van der Waals surface area contributed by atoms with Gasteiger partial charge in [-0.2, -0.15) is 0 Å². The van der Waals surface area contributed by atoms with Crippen molar-refractivity contribution in [3.8, 4) is 0 Å². The van der Waals surface area contributed by atoms with Crippen molar-refractivity contribution in [1.82, 2.24) is 4.90 Å². The highest BCUT2D eigenvalue weighted by Gasteiger charge is 2.39. The molecule has 0 aromatic carbocycles. The summed E-state index contributed by atoms with van der Waals surface area (Å²) in [5.74, 6) is 1.07. The molecule has 0 aromatic heterocycles. The molecule has 18 heavy (non-hydrogen) atoms. The summed E-state index contributed by atoms with van der Waals surface area (Å²) in [6.45, 7) is 13.2. The highest BCUT2D eigenvalue weighted by molar-refractivity contribution is 6.74. The highest BCUT2D eigenvalue weighted by Crippen LogP contribution is 2.38. The van der Waals surface area contributed by atoms with Gasteiger partial charge in [-0.25, -0.2) is 0 Å². The van der Waals surface area contributed by atoms with Crippen molar-refractivity contribution < 1.29 is 9.22 Å². The normalized spacial score (nSPS) is 13.4. The van der Waals surface area contributed by atoms with Crippen LogP contribution in [-0.4, -0.2) is 33.2 Å². The van der Waals surface area contributed by atoms with Gasteiger partial charge in [0.1, 0.15) is 0 Å². The van der Waals surface area contributed by atoms with Crippen molar-refractivity contribution in [3.63, 3.8) is 0 Å². The largest absolute Gasteiger partial charge is 0.547 e. The Morgan fingerprint density at radius 2 is 1.78 bits per heavy atom. The molecular formula is C14H29NO2Si. The molecule has 0 spiro atoms. The van der Waals surface area contributed by atoms with Crippen molar-refractivity contribution in [2.75, 3.05) is 14.1 Å². The molecule has 106 valence electrons. The maximum Gasteiger partial charge on any atom is 0.250 e. The van der Waals surface area contributed by atoms with Gasteiger partial charge in [0.05, 0.1) is 5.76 Å². The van der Waals surface area contributed by atoms with E-state index in [1.165, 1.54) is 0 Å². The van der Waals surface area contributed by atoms with Crippen LogP contribution in [0.2, 0.25) is 18.1 Å². The van der Waals surface area contributed by atoms with Gasteiger partial charge in [-0.3, -0.25) is 4.79 Å². The molecule has 3 nitrogen and oxygen atoms in total. The molecule has 0 N–H and O–H groups in total. The summed E-state index contributed by atoms with van der Waals surface area (Å²) in [6.07, 6.45) is 3.20. The third kappa shape index (κ3) is 5.25. The van der Waals surface area contributed by atoms with Gasteiger partial charge < -0.3 is 9.33 Å². The van der Waals surface area contributed by atoms with Crippen LogP contribution in [0.4, 0.5) is 0 Å². The number of carbonyl (C=O) groups excluding carboxylic acids is 1. The quantitative estimate of drug-likeness (QED) is 0.562. The van der Waals surface area contributed by atoms with E-state index < -0.39 is 8.32 Å². The first-order valence-electron chi connectivity index (χ1n) is 6.59. The Bertz CT molecular complexity index is 314. The van der Waals surface area contributed by atoms with E-state index in [4.69, 9.17) is 4.43 Å². The third-order valence-corrected chi connectivity index (χ3v) is 7.93. The molecule has 0 radical (unpaired) electrons. The number of carbonyl (C=O) groups is 1. The second-order valence-electron chi connectivity index (χ2n) is 6.38. The smallest absolute Gasteiger partial charge is 0.250 e. The molecule has 0 heterocycles. The summed E-state index contributed by atoms with van der Waals surface area (Å²) in [5.41, 5.74) is 0. The first-order valence-corrected chi connectivity index (χ1v) is 9.50. The van der Waals surface area contributed by atoms with Gasteiger partial charge in [-0.1, -0.05) is 27.7 Å². The zero-order valence-corrected chi connectivity index (χ0v) is 14.3. The van der Waals surface area contributed by atoms with E-state index in [0.29, 0.717) is 6.42 Å². The summed E-state index contributed by atoms with van der Waals surface area (Å²) >= 11 is 0. The van der Waals surface area contributed by atoms with E-state index in [1.54, 1.807) is 19.0 Å². The van der Waals surface area contributed by atoms with Gasteiger partial charge in [0, 0.05) is 26.9 Å². The molecular weight excluding hydrogens is 242 g/mol. The predicted octanol–water partition coefficient (Wildman–Crippen LogP) is 3.78. The standard InChI is InChI=1S/C14H29NO2Si/c1-9-12(10-11-13(16)15(5)6)17-18(7,8)14(2,3)4/h10H,9,11H2,1-8H3/b12-10+. The van der Waals surface area contributed by atoms with Gasteiger partial charge in [-0.15, -0.1) is 0 Å². The lowest BCUT2D eigenvalue weighted by Gasteiger charge is -2.37. The van der Waals surface area contributed by atoms with Gasteiger partial charge in [0.15, 0.2) is 0 Å². The lowest BCUT2D eigenvalue weighted by molar-refractivity contribution is -0.127. The van der Waals surface area contributed by atoms with Gasteiger partial charge in [-0.05, 0) is 24.2 Å². The van der Waals surface area contributed by atoms with Crippen molar-refractivity contribution in [3.05, 3.63) is 11.8 Å². The number of nitrogens with zero attached hydrogens (tertiary/aromatic N) is 1. The Labute approximate surface area is 113 Å². The zero-order chi connectivity index (χ0) is 14.6. The van der Waals surface area contributed by atoms with Gasteiger partial charge in [0.25, 0.3) is 0 Å². The second kappa shape index (κ2) is 6.41. The predicted molar refractivity (Wildman–Crippen MR) is 80.0 cm³/mol. The Kier molecular flexibility index (Phi) is 6.13. The Hall–Kier alpha value is -0.773. The van der Waals surface area contributed by atoms with Crippen molar-refractivity contribution in [2.45, 2.75) is 58.7 Å². The summed E-state index contributed by atoms with van der Waals surface area (Å²) in [7, 11) is 1.77. The van der Waals surface area contributed by atoms with Crippen LogP contribution < -0.4 is 0 Å². The topological polar surface area (TPSA) is 29.5 Å². The van der Waals surface area contributed by atoms with Gasteiger partial charge in [0.2, 0.25) is 14.2 Å². The molecule has 0 atom stereocenters. The maximum absolute atomic E-state index is 11.6. The highest BCUT2D eigenvalue weighted by atomic mass is 28.4. The molecule has 0 rings (SSSR count). The van der Waals surface area contributed by atoms with Crippen LogP contribution in [0.15, 0.2) is 11.8 Å². The first kappa shape index (κ1) is 17.2. The number of hydrogen-bond acceptors (Lipinski definition) is 2. The van der Waals surface area contributed by atoms with Crippen molar-refractivity contribution >= 4 is 14.2 Å². The van der Waals surface area contributed by atoms with Crippen LogP contribution in [-0.2, 0) is 9.22 Å². The Morgan fingerprint density at radius 1 is 1.28 bits per heavy atom. The monoisotopic (exact) mass is 271 g/mol. The lowest BCUT2D eigenvalue weighted by Crippen LogP contribution is -2.40. The van der Waals surface area contributed by atoms with Crippen molar-refractivity contribution in [2.24, 2.45) is 0 Å². The molecule has 0 unspecified atom stereocenters. The van der Waals surface area contributed by atoms with Gasteiger partial charge >= 0.3 is 0 Å². The summed E-state index contributed by atoms with van der Waals surface area (Å²) < 4.78 is 6.21. The molecule has 0 saturated heterocycles. The zero-order valence-electron chi connectivity index (χ0n) is 13.3. The summed E-state index contributed by atoms with van der Waals surface area (Å²) in [4.78, 5) is 13.2.